The zero-order valence-electron chi connectivity index (χ0n) is 15.2. The normalized spacial score (nSPS) is 13.6. The summed E-state index contributed by atoms with van der Waals surface area (Å²) in [7, 11) is 0. The number of carboxylic acids is 1. The van der Waals surface area contributed by atoms with Gasteiger partial charge < -0.3 is 15.2 Å². The number of ketones is 1. The number of fused-ring (bicyclic) bond motifs is 1. The molecule has 2 N–H and O–H groups in total. The molecule has 2 aromatic rings. The largest absolute Gasteiger partial charge is 0.493 e. The van der Waals surface area contributed by atoms with Gasteiger partial charge in [-0.15, -0.1) is 11.3 Å². The predicted molar refractivity (Wildman–Crippen MR) is 102 cm³/mol. The summed E-state index contributed by atoms with van der Waals surface area (Å²) in [6.45, 7) is 4.38. The number of ether oxygens (including phenoxy) is 1. The Morgan fingerprint density at radius 3 is 2.67 bits per heavy atom. The first kappa shape index (κ1) is 19.1. The molecule has 1 amide bonds. The number of hydrogen-bond donors (Lipinski definition) is 2. The Morgan fingerprint density at radius 2 is 2.00 bits per heavy atom. The van der Waals surface area contributed by atoms with Crippen molar-refractivity contribution in [3.05, 3.63) is 50.7 Å². The number of nitrogens with one attached hydrogen (secondary N) is 1. The van der Waals surface area contributed by atoms with Gasteiger partial charge in [0.1, 0.15) is 5.75 Å². The molecule has 0 aliphatic carbocycles. The zero-order chi connectivity index (χ0) is 19.6. The van der Waals surface area contributed by atoms with Crippen LogP contribution in [0.25, 0.3) is 0 Å². The van der Waals surface area contributed by atoms with Crippen LogP contribution in [0.2, 0.25) is 0 Å². The fourth-order valence-electron chi connectivity index (χ4n) is 3.18. The number of carbonyl (C=O) groups excluding carboxylic acids is 2. The first-order valence-corrected chi connectivity index (χ1v) is 9.55. The van der Waals surface area contributed by atoms with Gasteiger partial charge in [0.15, 0.2) is 11.8 Å². The van der Waals surface area contributed by atoms with E-state index in [0.717, 1.165) is 27.5 Å². The summed E-state index contributed by atoms with van der Waals surface area (Å²) in [6.07, 6.45) is 0.718. The Bertz CT molecular complexity index is 902. The van der Waals surface area contributed by atoms with Crippen molar-refractivity contribution in [3.63, 3.8) is 0 Å². The first-order valence-electron chi connectivity index (χ1n) is 8.73. The van der Waals surface area contributed by atoms with Crippen molar-refractivity contribution in [1.82, 2.24) is 5.32 Å². The third-order valence-electron chi connectivity index (χ3n) is 4.52. The number of carboxylic acid groups (broad SMARTS) is 1. The van der Waals surface area contributed by atoms with Gasteiger partial charge in [0.2, 0.25) is 5.91 Å². The highest BCUT2D eigenvalue weighted by Gasteiger charge is 2.24. The number of aryl methyl sites for hydroxylation is 2. The maximum absolute atomic E-state index is 12.3. The second-order valence-electron chi connectivity index (χ2n) is 6.55. The Morgan fingerprint density at radius 1 is 1.22 bits per heavy atom. The van der Waals surface area contributed by atoms with Crippen LogP contribution in [0.1, 0.15) is 50.1 Å². The fourth-order valence-corrected chi connectivity index (χ4v) is 4.12. The van der Waals surface area contributed by atoms with E-state index in [0.29, 0.717) is 17.7 Å². The smallest absolute Gasteiger partial charge is 0.330 e. The van der Waals surface area contributed by atoms with Crippen LogP contribution in [0.3, 0.4) is 0 Å². The number of rotatable bonds is 7. The molecule has 1 aromatic heterocycles. The van der Waals surface area contributed by atoms with E-state index in [9.17, 15) is 19.5 Å². The molecule has 3 rings (SSSR count). The SMILES string of the molecule is Cc1cc(C(=O)CCC(=O)NC(C(=O)O)c2ccc3c(c2)CCO3)c(C)s1. The van der Waals surface area contributed by atoms with Crippen LogP contribution in [0, 0.1) is 13.8 Å². The van der Waals surface area contributed by atoms with Crippen molar-refractivity contribution in [2.45, 2.75) is 39.2 Å². The molecule has 1 atom stereocenters. The van der Waals surface area contributed by atoms with E-state index in [1.165, 1.54) is 0 Å². The number of carbonyl (C=O) groups is 3. The summed E-state index contributed by atoms with van der Waals surface area (Å²) >= 11 is 1.54. The first-order chi connectivity index (χ1) is 12.8. The van der Waals surface area contributed by atoms with E-state index in [1.807, 2.05) is 19.9 Å². The van der Waals surface area contributed by atoms with Crippen molar-refractivity contribution in [1.29, 1.82) is 0 Å². The highest BCUT2D eigenvalue weighted by Crippen LogP contribution is 2.28. The molecule has 7 heteroatoms. The van der Waals surface area contributed by atoms with Crippen molar-refractivity contribution in [2.24, 2.45) is 0 Å². The second kappa shape index (κ2) is 7.92. The molecule has 0 bridgehead atoms. The van der Waals surface area contributed by atoms with Crippen molar-refractivity contribution in [2.75, 3.05) is 6.61 Å². The molecule has 6 nitrogen and oxygen atoms in total. The summed E-state index contributed by atoms with van der Waals surface area (Å²) in [6, 6.07) is 5.80. The van der Waals surface area contributed by atoms with Gasteiger partial charge in [0.25, 0.3) is 0 Å². The quantitative estimate of drug-likeness (QED) is 0.712. The van der Waals surface area contributed by atoms with Crippen LogP contribution in [-0.2, 0) is 16.0 Å². The van der Waals surface area contributed by atoms with Crippen LogP contribution in [0.4, 0.5) is 0 Å². The molecule has 142 valence electrons. The maximum atomic E-state index is 12.3. The minimum Gasteiger partial charge on any atom is -0.493 e. The van der Waals surface area contributed by atoms with Crippen molar-refractivity contribution >= 4 is 29.0 Å². The van der Waals surface area contributed by atoms with E-state index in [2.05, 4.69) is 5.32 Å². The molecular weight excluding hydrogens is 366 g/mol. The lowest BCUT2D eigenvalue weighted by atomic mass is 10.0. The lowest BCUT2D eigenvalue weighted by Gasteiger charge is -2.15. The molecule has 1 aliphatic heterocycles. The van der Waals surface area contributed by atoms with Gasteiger partial charge in [-0.05, 0) is 43.2 Å². The Labute approximate surface area is 161 Å². The molecule has 0 saturated heterocycles. The molecule has 2 heterocycles. The van der Waals surface area contributed by atoms with Crippen LogP contribution < -0.4 is 10.1 Å². The standard InChI is InChI=1S/C20H21NO5S/c1-11-9-15(12(2)27-11)16(22)4-6-18(23)21-19(20(24)25)14-3-5-17-13(10-14)7-8-26-17/h3,5,9-10,19H,4,6-8H2,1-2H3,(H,21,23)(H,24,25). The molecule has 0 radical (unpaired) electrons. The minimum absolute atomic E-state index is 0.0488. The minimum atomic E-state index is -1.15. The lowest BCUT2D eigenvalue weighted by molar-refractivity contribution is -0.142. The molecule has 27 heavy (non-hydrogen) atoms. The van der Waals surface area contributed by atoms with Gasteiger partial charge in [-0.3, -0.25) is 9.59 Å². The number of aliphatic carboxylic acids is 1. The molecule has 1 unspecified atom stereocenters. The summed E-state index contributed by atoms with van der Waals surface area (Å²) in [5, 5.41) is 12.0. The molecule has 0 saturated carbocycles. The van der Waals surface area contributed by atoms with Crippen LogP contribution in [0.15, 0.2) is 24.3 Å². The summed E-state index contributed by atoms with van der Waals surface area (Å²) < 4.78 is 5.42. The number of benzene rings is 1. The monoisotopic (exact) mass is 387 g/mol. The Kier molecular flexibility index (Phi) is 5.60. The van der Waals surface area contributed by atoms with Crippen molar-refractivity contribution in [3.8, 4) is 5.75 Å². The zero-order valence-corrected chi connectivity index (χ0v) is 16.0. The van der Waals surface area contributed by atoms with E-state index >= 15 is 0 Å². The van der Waals surface area contributed by atoms with Crippen LogP contribution in [0.5, 0.6) is 5.75 Å². The summed E-state index contributed by atoms with van der Waals surface area (Å²) in [5.41, 5.74) is 2.07. The summed E-state index contributed by atoms with van der Waals surface area (Å²) in [5.74, 6) is -0.954. The number of amides is 1. The highest BCUT2D eigenvalue weighted by molar-refractivity contribution is 7.12. The van der Waals surface area contributed by atoms with Gasteiger partial charge in [0.05, 0.1) is 6.61 Å². The Hall–Kier alpha value is -2.67. The molecular formula is C20H21NO5S. The highest BCUT2D eigenvalue weighted by atomic mass is 32.1. The van der Waals surface area contributed by atoms with E-state index in [1.54, 1.807) is 29.5 Å². The summed E-state index contributed by atoms with van der Waals surface area (Å²) in [4.78, 5) is 38.2. The fraction of sp³-hybridized carbons (Fsp3) is 0.350. The third-order valence-corrected chi connectivity index (χ3v) is 5.49. The van der Waals surface area contributed by atoms with Gasteiger partial charge in [-0.2, -0.15) is 0 Å². The van der Waals surface area contributed by atoms with Crippen molar-refractivity contribution < 1.29 is 24.2 Å². The van der Waals surface area contributed by atoms with E-state index < -0.39 is 17.9 Å². The van der Waals surface area contributed by atoms with E-state index in [4.69, 9.17) is 4.74 Å². The van der Waals surface area contributed by atoms with Gasteiger partial charge in [0, 0.05) is 34.6 Å². The average molecular weight is 387 g/mol. The van der Waals surface area contributed by atoms with Gasteiger partial charge in [-0.1, -0.05) is 6.07 Å². The molecule has 1 aromatic carbocycles. The molecule has 1 aliphatic rings. The number of Topliss-reactive ketones (excluding diaryl/α,β-unsaturated/α-hetero) is 1. The number of thiophene rings is 1. The average Bonchev–Trinajstić information content (AvgIpc) is 3.22. The Balaban J connectivity index is 1.63. The maximum Gasteiger partial charge on any atom is 0.330 e. The second-order valence-corrected chi connectivity index (χ2v) is 8.01. The molecule has 0 fully saturated rings. The lowest BCUT2D eigenvalue weighted by Crippen LogP contribution is -2.34. The number of hydrogen-bond acceptors (Lipinski definition) is 5. The van der Waals surface area contributed by atoms with Gasteiger partial charge in [-0.25, -0.2) is 4.79 Å². The predicted octanol–water partition coefficient (Wildman–Crippen LogP) is 3.20. The van der Waals surface area contributed by atoms with Crippen LogP contribution in [-0.4, -0.2) is 29.4 Å². The van der Waals surface area contributed by atoms with E-state index in [-0.39, 0.29) is 18.6 Å². The van der Waals surface area contributed by atoms with Crippen LogP contribution >= 0.6 is 11.3 Å². The third kappa shape index (κ3) is 4.36. The van der Waals surface area contributed by atoms with Gasteiger partial charge >= 0.3 is 5.97 Å². The molecule has 0 spiro atoms. The topological polar surface area (TPSA) is 92.7 Å².